The van der Waals surface area contributed by atoms with Crippen LogP contribution in [0.15, 0.2) is 54.6 Å². The van der Waals surface area contributed by atoms with Crippen molar-refractivity contribution in [2.45, 2.75) is 18.7 Å². The summed E-state index contributed by atoms with van der Waals surface area (Å²) in [5, 5.41) is 1.63. The van der Waals surface area contributed by atoms with Gasteiger partial charge in [0.1, 0.15) is 5.82 Å². The molecule has 0 aromatic heterocycles. The van der Waals surface area contributed by atoms with Gasteiger partial charge >= 0.3 is 0 Å². The van der Waals surface area contributed by atoms with Crippen molar-refractivity contribution in [2.75, 3.05) is 0 Å². The van der Waals surface area contributed by atoms with Gasteiger partial charge in [0.15, 0.2) is 0 Å². The molecular formula is C19H16BrF. The third-order valence-electron chi connectivity index (χ3n) is 3.97. The molecule has 21 heavy (non-hydrogen) atoms. The van der Waals surface area contributed by atoms with Gasteiger partial charge in [-0.05, 0) is 47.6 Å². The van der Waals surface area contributed by atoms with Gasteiger partial charge in [0.25, 0.3) is 0 Å². The van der Waals surface area contributed by atoms with E-state index in [1.165, 1.54) is 16.7 Å². The van der Waals surface area contributed by atoms with Crippen molar-refractivity contribution >= 4 is 26.7 Å². The molecule has 3 aromatic carbocycles. The molecule has 3 rings (SSSR count). The second-order valence-corrected chi connectivity index (χ2v) is 6.27. The molecule has 0 bridgehead atoms. The molecule has 0 saturated carbocycles. The predicted octanol–water partition coefficient (Wildman–Crippen LogP) is 6.08. The summed E-state index contributed by atoms with van der Waals surface area (Å²) in [7, 11) is 0. The summed E-state index contributed by atoms with van der Waals surface area (Å²) < 4.78 is 14.0. The van der Waals surface area contributed by atoms with E-state index in [9.17, 15) is 4.39 Å². The molecule has 0 aliphatic rings. The Balaban J connectivity index is 2.23. The maximum atomic E-state index is 14.0. The number of hydrogen-bond acceptors (Lipinski definition) is 0. The van der Waals surface area contributed by atoms with E-state index in [-0.39, 0.29) is 10.6 Å². The molecule has 106 valence electrons. The summed E-state index contributed by atoms with van der Waals surface area (Å²) in [6.45, 7) is 4.23. The van der Waals surface area contributed by atoms with Gasteiger partial charge in [0, 0.05) is 5.39 Å². The van der Waals surface area contributed by atoms with Crippen LogP contribution in [0.2, 0.25) is 0 Å². The summed E-state index contributed by atoms with van der Waals surface area (Å²) in [5.74, 6) is -0.171. The van der Waals surface area contributed by atoms with E-state index in [1.54, 1.807) is 6.07 Å². The predicted molar refractivity (Wildman–Crippen MR) is 90.6 cm³/mol. The van der Waals surface area contributed by atoms with Crippen LogP contribution < -0.4 is 0 Å². The number of alkyl halides is 1. The largest absolute Gasteiger partial charge is 0.206 e. The fourth-order valence-corrected chi connectivity index (χ4v) is 4.01. The molecular weight excluding hydrogens is 327 g/mol. The van der Waals surface area contributed by atoms with Crippen LogP contribution in [0.5, 0.6) is 0 Å². The topological polar surface area (TPSA) is 0 Å². The zero-order valence-electron chi connectivity index (χ0n) is 12.0. The van der Waals surface area contributed by atoms with E-state index in [2.05, 4.69) is 48.0 Å². The molecule has 0 heterocycles. The third kappa shape index (κ3) is 2.49. The first-order chi connectivity index (χ1) is 10.1. The summed E-state index contributed by atoms with van der Waals surface area (Å²) in [5.41, 5.74) is 4.84. The Kier molecular flexibility index (Phi) is 3.81. The summed E-state index contributed by atoms with van der Waals surface area (Å²) in [6, 6.07) is 17.4. The second kappa shape index (κ2) is 5.61. The quantitative estimate of drug-likeness (QED) is 0.495. The molecule has 1 atom stereocenters. The zero-order valence-corrected chi connectivity index (χ0v) is 13.6. The van der Waals surface area contributed by atoms with Gasteiger partial charge in [-0.25, -0.2) is 4.39 Å². The smallest absolute Gasteiger partial charge is 0.131 e. The first-order valence-corrected chi connectivity index (χ1v) is 7.88. The first-order valence-electron chi connectivity index (χ1n) is 6.97. The molecule has 0 radical (unpaired) electrons. The Morgan fingerprint density at radius 2 is 1.43 bits per heavy atom. The normalized spacial score (nSPS) is 12.6. The maximum Gasteiger partial charge on any atom is 0.131 e. The zero-order chi connectivity index (χ0) is 15.0. The lowest BCUT2D eigenvalue weighted by Crippen LogP contribution is -2.00. The van der Waals surface area contributed by atoms with Crippen LogP contribution >= 0.6 is 15.9 Å². The molecule has 2 heteroatoms. The lowest BCUT2D eigenvalue weighted by molar-refractivity contribution is 0.639. The highest BCUT2D eigenvalue weighted by Crippen LogP contribution is 2.38. The SMILES string of the molecule is Cc1cccc(C)c1C(Br)c1ccc(F)c2ccccc12. The Morgan fingerprint density at radius 3 is 2.10 bits per heavy atom. The van der Waals surface area contributed by atoms with Gasteiger partial charge in [-0.3, -0.25) is 0 Å². The van der Waals surface area contributed by atoms with Crippen molar-refractivity contribution < 1.29 is 4.39 Å². The minimum Gasteiger partial charge on any atom is -0.206 e. The van der Waals surface area contributed by atoms with E-state index in [4.69, 9.17) is 0 Å². The average Bonchev–Trinajstić information content (AvgIpc) is 2.47. The van der Waals surface area contributed by atoms with Gasteiger partial charge in [-0.15, -0.1) is 0 Å². The molecule has 0 nitrogen and oxygen atoms in total. The van der Waals surface area contributed by atoms with Gasteiger partial charge in [-0.2, -0.15) is 0 Å². The first kappa shape index (κ1) is 14.3. The fraction of sp³-hybridized carbons (Fsp3) is 0.158. The van der Waals surface area contributed by atoms with Crippen LogP contribution in [0.1, 0.15) is 27.1 Å². The molecule has 0 N–H and O–H groups in total. The number of benzene rings is 3. The van der Waals surface area contributed by atoms with Crippen molar-refractivity contribution in [3.8, 4) is 0 Å². The highest BCUT2D eigenvalue weighted by atomic mass is 79.9. The highest BCUT2D eigenvalue weighted by Gasteiger charge is 2.18. The van der Waals surface area contributed by atoms with Crippen molar-refractivity contribution in [3.05, 3.63) is 82.7 Å². The molecule has 0 aliphatic carbocycles. The monoisotopic (exact) mass is 342 g/mol. The van der Waals surface area contributed by atoms with Gasteiger partial charge in [-0.1, -0.05) is 64.5 Å². The molecule has 0 fully saturated rings. The minimum atomic E-state index is -0.171. The van der Waals surface area contributed by atoms with Crippen molar-refractivity contribution in [2.24, 2.45) is 0 Å². The lowest BCUT2D eigenvalue weighted by atomic mass is 9.93. The summed E-state index contributed by atoms with van der Waals surface area (Å²) >= 11 is 3.82. The number of rotatable bonds is 2. The highest BCUT2D eigenvalue weighted by molar-refractivity contribution is 9.09. The number of hydrogen-bond donors (Lipinski definition) is 0. The van der Waals surface area contributed by atoms with E-state index >= 15 is 0 Å². The lowest BCUT2D eigenvalue weighted by Gasteiger charge is -2.18. The van der Waals surface area contributed by atoms with E-state index < -0.39 is 0 Å². The Bertz CT molecular complexity index is 788. The van der Waals surface area contributed by atoms with Gasteiger partial charge in [0.2, 0.25) is 0 Å². The summed E-state index contributed by atoms with van der Waals surface area (Å²) in [4.78, 5) is 0.0594. The molecule has 0 saturated heterocycles. The molecule has 0 spiro atoms. The van der Waals surface area contributed by atoms with Crippen molar-refractivity contribution in [1.82, 2.24) is 0 Å². The standard InChI is InChI=1S/C19H16BrF/c1-12-6-5-7-13(2)18(12)19(20)16-10-11-17(21)15-9-4-3-8-14(15)16/h3-11,19H,1-2H3. The number of halogens is 2. The minimum absolute atomic E-state index is 0.0594. The van der Waals surface area contributed by atoms with Crippen LogP contribution in [0.4, 0.5) is 4.39 Å². The number of aryl methyl sites for hydroxylation is 2. The van der Waals surface area contributed by atoms with E-state index in [0.717, 1.165) is 10.9 Å². The molecule has 1 unspecified atom stereocenters. The van der Waals surface area contributed by atoms with Crippen LogP contribution in [0.25, 0.3) is 10.8 Å². The van der Waals surface area contributed by atoms with E-state index in [0.29, 0.717) is 5.39 Å². The van der Waals surface area contributed by atoms with E-state index in [1.807, 2.05) is 30.3 Å². The molecule has 0 amide bonds. The number of fused-ring (bicyclic) bond motifs is 1. The Labute approximate surface area is 132 Å². The average molecular weight is 343 g/mol. The Morgan fingerprint density at radius 1 is 0.810 bits per heavy atom. The van der Waals surface area contributed by atoms with Crippen molar-refractivity contribution in [3.63, 3.8) is 0 Å². The molecule has 0 aliphatic heterocycles. The molecule has 3 aromatic rings. The maximum absolute atomic E-state index is 14.0. The van der Waals surface area contributed by atoms with Crippen LogP contribution in [0, 0.1) is 19.7 Å². The van der Waals surface area contributed by atoms with Crippen LogP contribution in [0.3, 0.4) is 0 Å². The van der Waals surface area contributed by atoms with Crippen LogP contribution in [-0.4, -0.2) is 0 Å². The van der Waals surface area contributed by atoms with Crippen LogP contribution in [-0.2, 0) is 0 Å². The Hall–Kier alpha value is -1.67. The van der Waals surface area contributed by atoms with Gasteiger partial charge < -0.3 is 0 Å². The third-order valence-corrected chi connectivity index (χ3v) is 4.92. The van der Waals surface area contributed by atoms with Gasteiger partial charge in [0.05, 0.1) is 4.83 Å². The fourth-order valence-electron chi connectivity index (χ4n) is 2.89. The second-order valence-electron chi connectivity index (χ2n) is 5.35. The summed E-state index contributed by atoms with van der Waals surface area (Å²) in [6.07, 6.45) is 0. The van der Waals surface area contributed by atoms with Crippen molar-refractivity contribution in [1.29, 1.82) is 0 Å².